The Kier molecular flexibility index (Phi) is 6.27. The largest absolute Gasteiger partial charge is 0.497 e. The topological polar surface area (TPSA) is 42.3 Å². The van der Waals surface area contributed by atoms with Gasteiger partial charge in [-0.1, -0.05) is 29.8 Å². The van der Waals surface area contributed by atoms with Crippen LogP contribution in [0.15, 0.2) is 60.9 Å². The Morgan fingerprint density at radius 3 is 2.93 bits per heavy atom. The number of nitrogens with one attached hydrogen (secondary N) is 1. The number of methoxy groups -OCH3 is 1. The summed E-state index contributed by atoms with van der Waals surface area (Å²) in [6.07, 6.45) is 6.28. The molecule has 4 rings (SSSR count). The summed E-state index contributed by atoms with van der Waals surface area (Å²) in [7, 11) is 1.72. The van der Waals surface area contributed by atoms with E-state index in [1.54, 1.807) is 7.11 Å². The minimum atomic E-state index is 0.500. The molecule has 1 aliphatic heterocycles. The van der Waals surface area contributed by atoms with Gasteiger partial charge in [-0.15, -0.1) is 0 Å². The standard InChI is InChI=1S/C24H30N4O/c1-19-9-10-24(28-13-5-11-26-28)21(14-19)16-25-22-7-4-12-27(18-22)17-20-6-3-8-23(15-20)29-2/h3,5-6,8-11,13-15,22,25H,4,7,12,16-18H2,1-2H3/t22-/m1/s1. The molecule has 5 nitrogen and oxygen atoms in total. The maximum Gasteiger partial charge on any atom is 0.119 e. The lowest BCUT2D eigenvalue weighted by Gasteiger charge is -2.33. The van der Waals surface area contributed by atoms with E-state index in [-0.39, 0.29) is 0 Å². The smallest absolute Gasteiger partial charge is 0.119 e. The quantitative estimate of drug-likeness (QED) is 0.663. The van der Waals surface area contributed by atoms with E-state index in [1.807, 2.05) is 29.2 Å². The van der Waals surface area contributed by atoms with Crippen LogP contribution in [0.2, 0.25) is 0 Å². The van der Waals surface area contributed by atoms with Crippen molar-refractivity contribution in [3.8, 4) is 11.4 Å². The molecule has 1 aromatic heterocycles. The second-order valence-corrected chi connectivity index (χ2v) is 7.89. The van der Waals surface area contributed by atoms with Crippen molar-refractivity contribution in [3.63, 3.8) is 0 Å². The van der Waals surface area contributed by atoms with Crippen LogP contribution in [0, 0.1) is 6.92 Å². The number of benzene rings is 2. The summed E-state index contributed by atoms with van der Waals surface area (Å²) in [6, 6.07) is 17.4. The lowest BCUT2D eigenvalue weighted by atomic mass is 10.0. The molecule has 0 saturated carbocycles. The summed E-state index contributed by atoms with van der Waals surface area (Å²) in [4.78, 5) is 2.54. The van der Waals surface area contributed by atoms with E-state index in [0.29, 0.717) is 6.04 Å². The summed E-state index contributed by atoms with van der Waals surface area (Å²) in [5.41, 5.74) is 5.03. The molecule has 2 heterocycles. The molecule has 0 radical (unpaired) electrons. The highest BCUT2D eigenvalue weighted by Crippen LogP contribution is 2.19. The fraction of sp³-hybridized carbons (Fsp3) is 0.375. The predicted molar refractivity (Wildman–Crippen MR) is 116 cm³/mol. The van der Waals surface area contributed by atoms with E-state index in [0.717, 1.165) is 37.6 Å². The third-order valence-electron chi connectivity index (χ3n) is 5.61. The van der Waals surface area contributed by atoms with Crippen molar-refractivity contribution in [1.82, 2.24) is 20.0 Å². The lowest BCUT2D eigenvalue weighted by Crippen LogP contribution is -2.45. The third kappa shape index (κ3) is 5.05. The van der Waals surface area contributed by atoms with Crippen LogP contribution >= 0.6 is 0 Å². The van der Waals surface area contributed by atoms with Crippen LogP contribution < -0.4 is 10.1 Å². The van der Waals surface area contributed by atoms with Crippen LogP contribution in [0.3, 0.4) is 0 Å². The molecule has 3 aromatic rings. The van der Waals surface area contributed by atoms with Gasteiger partial charge in [-0.2, -0.15) is 5.10 Å². The Labute approximate surface area is 173 Å². The number of aryl methyl sites for hydroxylation is 1. The minimum Gasteiger partial charge on any atom is -0.497 e. The lowest BCUT2D eigenvalue weighted by molar-refractivity contribution is 0.182. The Balaban J connectivity index is 1.38. The van der Waals surface area contributed by atoms with Gasteiger partial charge in [-0.05, 0) is 61.7 Å². The first-order chi connectivity index (χ1) is 14.2. The molecular formula is C24H30N4O. The van der Waals surface area contributed by atoms with Crippen molar-refractivity contribution < 1.29 is 4.74 Å². The van der Waals surface area contributed by atoms with Crippen molar-refractivity contribution in [2.45, 2.75) is 38.9 Å². The molecule has 29 heavy (non-hydrogen) atoms. The maximum atomic E-state index is 5.37. The number of piperidine rings is 1. The van der Waals surface area contributed by atoms with Crippen molar-refractivity contribution >= 4 is 0 Å². The number of ether oxygens (including phenoxy) is 1. The Hall–Kier alpha value is -2.63. The molecule has 1 saturated heterocycles. The Bertz CT molecular complexity index is 922. The van der Waals surface area contributed by atoms with Crippen molar-refractivity contribution in [2.24, 2.45) is 0 Å². The molecule has 2 aromatic carbocycles. The van der Waals surface area contributed by atoms with Crippen LogP contribution in [0.25, 0.3) is 5.69 Å². The van der Waals surface area contributed by atoms with E-state index in [2.05, 4.69) is 58.6 Å². The van der Waals surface area contributed by atoms with E-state index < -0.39 is 0 Å². The van der Waals surface area contributed by atoms with Gasteiger partial charge in [0.2, 0.25) is 0 Å². The number of hydrogen-bond donors (Lipinski definition) is 1. The molecule has 0 unspecified atom stereocenters. The molecule has 1 atom stereocenters. The van der Waals surface area contributed by atoms with E-state index in [9.17, 15) is 0 Å². The molecule has 0 aliphatic carbocycles. The van der Waals surface area contributed by atoms with Gasteiger partial charge in [-0.25, -0.2) is 4.68 Å². The highest BCUT2D eigenvalue weighted by molar-refractivity contribution is 5.42. The van der Waals surface area contributed by atoms with Crippen molar-refractivity contribution in [3.05, 3.63) is 77.6 Å². The zero-order valence-electron chi connectivity index (χ0n) is 17.3. The molecule has 152 valence electrons. The van der Waals surface area contributed by atoms with Crippen molar-refractivity contribution in [1.29, 1.82) is 0 Å². The first kappa shape index (κ1) is 19.7. The van der Waals surface area contributed by atoms with Crippen LogP contribution in [0.4, 0.5) is 0 Å². The van der Waals surface area contributed by atoms with Gasteiger partial charge in [0.05, 0.1) is 12.8 Å². The van der Waals surface area contributed by atoms with E-state index in [4.69, 9.17) is 4.74 Å². The molecule has 0 bridgehead atoms. The van der Waals surface area contributed by atoms with Gasteiger partial charge < -0.3 is 10.1 Å². The first-order valence-electron chi connectivity index (χ1n) is 10.4. The highest BCUT2D eigenvalue weighted by atomic mass is 16.5. The fourth-order valence-corrected chi connectivity index (χ4v) is 4.14. The van der Waals surface area contributed by atoms with Gasteiger partial charge >= 0.3 is 0 Å². The van der Waals surface area contributed by atoms with Crippen LogP contribution in [0.5, 0.6) is 5.75 Å². The zero-order chi connectivity index (χ0) is 20.1. The number of rotatable bonds is 7. The third-order valence-corrected chi connectivity index (χ3v) is 5.61. The van der Waals surface area contributed by atoms with Gasteiger partial charge in [0.25, 0.3) is 0 Å². The number of hydrogen-bond acceptors (Lipinski definition) is 4. The molecule has 1 aliphatic rings. The summed E-state index contributed by atoms with van der Waals surface area (Å²) >= 11 is 0. The molecular weight excluding hydrogens is 360 g/mol. The average molecular weight is 391 g/mol. The Morgan fingerprint density at radius 2 is 2.10 bits per heavy atom. The molecule has 1 fully saturated rings. The number of likely N-dealkylation sites (tertiary alicyclic amines) is 1. The summed E-state index contributed by atoms with van der Waals surface area (Å²) < 4.78 is 7.32. The second kappa shape index (κ2) is 9.25. The molecule has 5 heteroatoms. The predicted octanol–water partition coefficient (Wildman–Crippen LogP) is 3.94. The van der Waals surface area contributed by atoms with E-state index >= 15 is 0 Å². The molecule has 0 amide bonds. The van der Waals surface area contributed by atoms with Crippen LogP contribution in [0.1, 0.15) is 29.5 Å². The normalized spacial score (nSPS) is 17.4. The monoisotopic (exact) mass is 390 g/mol. The molecule has 0 spiro atoms. The Morgan fingerprint density at radius 1 is 1.17 bits per heavy atom. The SMILES string of the molecule is COc1cccc(CN2CCC[C@@H](NCc3cc(C)ccc3-n3cccn3)C2)c1. The van der Waals surface area contributed by atoms with Crippen LogP contribution in [-0.2, 0) is 13.1 Å². The van der Waals surface area contributed by atoms with Crippen molar-refractivity contribution in [2.75, 3.05) is 20.2 Å². The minimum absolute atomic E-state index is 0.500. The summed E-state index contributed by atoms with van der Waals surface area (Å²) in [5, 5.41) is 8.21. The zero-order valence-corrected chi connectivity index (χ0v) is 17.3. The first-order valence-corrected chi connectivity index (χ1v) is 10.4. The van der Waals surface area contributed by atoms with Gasteiger partial charge in [0.1, 0.15) is 5.75 Å². The van der Waals surface area contributed by atoms with Crippen LogP contribution in [-0.4, -0.2) is 40.9 Å². The number of nitrogens with zero attached hydrogens (tertiary/aromatic N) is 3. The summed E-state index contributed by atoms with van der Waals surface area (Å²) in [6.45, 7) is 6.19. The van der Waals surface area contributed by atoms with Gasteiger partial charge in [0.15, 0.2) is 0 Å². The fourth-order valence-electron chi connectivity index (χ4n) is 4.14. The van der Waals surface area contributed by atoms with E-state index in [1.165, 1.54) is 29.5 Å². The van der Waals surface area contributed by atoms with Gasteiger partial charge in [0, 0.05) is 38.1 Å². The maximum absolute atomic E-state index is 5.37. The van der Waals surface area contributed by atoms with Gasteiger partial charge in [-0.3, -0.25) is 4.90 Å². The highest BCUT2D eigenvalue weighted by Gasteiger charge is 2.20. The summed E-state index contributed by atoms with van der Waals surface area (Å²) in [5.74, 6) is 0.930. The second-order valence-electron chi connectivity index (χ2n) is 7.89. The average Bonchev–Trinajstić information content (AvgIpc) is 3.27. The molecule has 1 N–H and O–H groups in total. The number of aromatic nitrogens is 2.